The van der Waals surface area contributed by atoms with Gasteiger partial charge in [-0.3, -0.25) is 0 Å². The van der Waals surface area contributed by atoms with Crippen molar-refractivity contribution in [3.8, 4) is 11.8 Å². The molecule has 0 spiro atoms. The van der Waals surface area contributed by atoms with Crippen LogP contribution in [-0.2, 0) is 0 Å². The number of benzene rings is 2. The molecule has 2 unspecified atom stereocenters. The Morgan fingerprint density at radius 1 is 1.24 bits per heavy atom. The number of nitrogens with two attached hydrogens (primary N) is 1. The van der Waals surface area contributed by atoms with Gasteiger partial charge in [-0.05, 0) is 31.5 Å². The minimum absolute atomic E-state index is 0.00440. The molecule has 0 heterocycles. The van der Waals surface area contributed by atoms with E-state index < -0.39 is 5.82 Å². The molecular formula is C17H17FN2O. The molecule has 2 N–H and O–H groups in total. The number of nitriles is 1. The lowest BCUT2D eigenvalue weighted by molar-refractivity contribution is 0.179. The highest BCUT2D eigenvalue weighted by Gasteiger charge is 2.19. The Morgan fingerprint density at radius 3 is 2.57 bits per heavy atom. The van der Waals surface area contributed by atoms with E-state index in [2.05, 4.69) is 0 Å². The molecule has 0 amide bonds. The monoisotopic (exact) mass is 284 g/mol. The molecule has 0 bridgehead atoms. The van der Waals surface area contributed by atoms with Gasteiger partial charge in [0.15, 0.2) is 0 Å². The molecule has 3 nitrogen and oxygen atoms in total. The van der Waals surface area contributed by atoms with Crippen LogP contribution in [0.25, 0.3) is 0 Å². The first-order chi connectivity index (χ1) is 10.0. The highest BCUT2D eigenvalue weighted by Crippen LogP contribution is 2.26. The largest absolute Gasteiger partial charge is 0.484 e. The number of rotatable bonds is 4. The fraction of sp³-hybridized carbons (Fsp3) is 0.235. The molecule has 0 aromatic heterocycles. The van der Waals surface area contributed by atoms with Crippen LogP contribution in [0.15, 0.2) is 42.5 Å². The summed E-state index contributed by atoms with van der Waals surface area (Å²) in [5, 5.41) is 8.74. The first-order valence-electron chi connectivity index (χ1n) is 6.69. The molecule has 0 saturated carbocycles. The summed E-state index contributed by atoms with van der Waals surface area (Å²) in [4.78, 5) is 0. The van der Waals surface area contributed by atoms with Gasteiger partial charge < -0.3 is 10.5 Å². The third kappa shape index (κ3) is 3.59. The van der Waals surface area contributed by atoms with Crippen LogP contribution in [0.3, 0.4) is 0 Å². The van der Waals surface area contributed by atoms with Crippen molar-refractivity contribution in [1.29, 1.82) is 5.26 Å². The minimum Gasteiger partial charge on any atom is -0.484 e. The Bertz CT molecular complexity index is 677. The molecule has 108 valence electrons. The van der Waals surface area contributed by atoms with E-state index in [0.717, 1.165) is 11.1 Å². The van der Waals surface area contributed by atoms with Crippen LogP contribution in [0, 0.1) is 24.1 Å². The zero-order valence-corrected chi connectivity index (χ0v) is 12.0. The van der Waals surface area contributed by atoms with E-state index in [4.69, 9.17) is 15.7 Å². The van der Waals surface area contributed by atoms with Crippen molar-refractivity contribution >= 4 is 0 Å². The predicted molar refractivity (Wildman–Crippen MR) is 79.3 cm³/mol. The van der Waals surface area contributed by atoms with Gasteiger partial charge in [0.1, 0.15) is 23.7 Å². The Labute approximate surface area is 123 Å². The second-order valence-electron chi connectivity index (χ2n) is 5.07. The van der Waals surface area contributed by atoms with Gasteiger partial charge in [0, 0.05) is 12.1 Å². The Kier molecular flexibility index (Phi) is 4.56. The van der Waals surface area contributed by atoms with Gasteiger partial charge in [-0.2, -0.15) is 5.26 Å². The number of hydrogen-bond donors (Lipinski definition) is 1. The van der Waals surface area contributed by atoms with Crippen LogP contribution in [0.1, 0.15) is 29.7 Å². The molecule has 0 aliphatic heterocycles. The quantitative estimate of drug-likeness (QED) is 0.935. The van der Waals surface area contributed by atoms with Gasteiger partial charge in [-0.25, -0.2) is 4.39 Å². The maximum atomic E-state index is 13.6. The molecule has 0 fully saturated rings. The molecule has 2 atom stereocenters. The van der Waals surface area contributed by atoms with E-state index >= 15 is 0 Å². The average molecular weight is 284 g/mol. The molecule has 2 rings (SSSR count). The van der Waals surface area contributed by atoms with Gasteiger partial charge in [0.2, 0.25) is 0 Å². The zero-order chi connectivity index (χ0) is 15.4. The van der Waals surface area contributed by atoms with Crippen LogP contribution < -0.4 is 10.5 Å². The molecule has 0 radical (unpaired) electrons. The van der Waals surface area contributed by atoms with E-state index in [1.807, 2.05) is 38.1 Å². The van der Waals surface area contributed by atoms with E-state index in [1.54, 1.807) is 12.1 Å². The van der Waals surface area contributed by atoms with Crippen LogP contribution in [0.4, 0.5) is 4.39 Å². The van der Waals surface area contributed by atoms with Crippen LogP contribution in [0.2, 0.25) is 0 Å². The third-order valence-electron chi connectivity index (χ3n) is 3.17. The van der Waals surface area contributed by atoms with Crippen LogP contribution in [-0.4, -0.2) is 6.04 Å². The summed E-state index contributed by atoms with van der Waals surface area (Å²) in [5.74, 6) is -0.238. The zero-order valence-electron chi connectivity index (χ0n) is 12.0. The molecule has 2 aromatic rings. The van der Waals surface area contributed by atoms with Gasteiger partial charge in [-0.1, -0.05) is 29.8 Å². The van der Waals surface area contributed by atoms with E-state index in [1.165, 1.54) is 12.1 Å². The molecule has 0 saturated heterocycles. The first kappa shape index (κ1) is 15.0. The fourth-order valence-corrected chi connectivity index (χ4v) is 2.13. The highest BCUT2D eigenvalue weighted by molar-refractivity contribution is 5.37. The van der Waals surface area contributed by atoms with Crippen molar-refractivity contribution in [2.45, 2.75) is 26.0 Å². The highest BCUT2D eigenvalue weighted by atomic mass is 19.1. The Balaban J connectivity index is 2.29. The summed E-state index contributed by atoms with van der Waals surface area (Å²) in [6, 6.07) is 13.6. The lowest BCUT2D eigenvalue weighted by Gasteiger charge is -2.23. The van der Waals surface area contributed by atoms with Crippen molar-refractivity contribution < 1.29 is 9.13 Å². The fourth-order valence-electron chi connectivity index (χ4n) is 2.13. The number of aryl methyl sites for hydroxylation is 1. The summed E-state index contributed by atoms with van der Waals surface area (Å²) in [6.07, 6.45) is -0.378. The van der Waals surface area contributed by atoms with Gasteiger partial charge in [-0.15, -0.1) is 0 Å². The Hall–Kier alpha value is -2.38. The summed E-state index contributed by atoms with van der Waals surface area (Å²) >= 11 is 0. The minimum atomic E-state index is -0.595. The Morgan fingerprint density at radius 2 is 2.00 bits per heavy atom. The molecule has 0 aliphatic rings. The molecule has 21 heavy (non-hydrogen) atoms. The van der Waals surface area contributed by atoms with E-state index in [9.17, 15) is 4.39 Å². The SMILES string of the molecule is Cc1cccc(C(Oc2ccc(C#N)c(F)c2)C(C)N)c1. The topological polar surface area (TPSA) is 59.0 Å². The van der Waals surface area contributed by atoms with Crippen molar-refractivity contribution in [2.24, 2.45) is 5.73 Å². The number of nitrogens with zero attached hydrogens (tertiary/aromatic N) is 1. The normalized spacial score (nSPS) is 13.3. The smallest absolute Gasteiger partial charge is 0.144 e. The molecule has 4 heteroatoms. The summed E-state index contributed by atoms with van der Waals surface area (Å²) in [7, 11) is 0. The van der Waals surface area contributed by atoms with Crippen LogP contribution in [0.5, 0.6) is 5.75 Å². The number of ether oxygens (including phenoxy) is 1. The van der Waals surface area contributed by atoms with Crippen LogP contribution >= 0.6 is 0 Å². The number of halogens is 1. The van der Waals surface area contributed by atoms with Gasteiger partial charge >= 0.3 is 0 Å². The van der Waals surface area contributed by atoms with E-state index in [0.29, 0.717) is 5.75 Å². The van der Waals surface area contributed by atoms with Crippen molar-refractivity contribution in [1.82, 2.24) is 0 Å². The second kappa shape index (κ2) is 6.38. The third-order valence-corrected chi connectivity index (χ3v) is 3.17. The molecule has 2 aromatic carbocycles. The molecular weight excluding hydrogens is 267 g/mol. The number of hydrogen-bond acceptors (Lipinski definition) is 3. The predicted octanol–water partition coefficient (Wildman–Crippen LogP) is 3.47. The van der Waals surface area contributed by atoms with Gasteiger partial charge in [0.25, 0.3) is 0 Å². The first-order valence-corrected chi connectivity index (χ1v) is 6.69. The lowest BCUT2D eigenvalue weighted by atomic mass is 10.0. The second-order valence-corrected chi connectivity index (χ2v) is 5.07. The maximum absolute atomic E-state index is 13.6. The van der Waals surface area contributed by atoms with Crippen molar-refractivity contribution in [2.75, 3.05) is 0 Å². The lowest BCUT2D eigenvalue weighted by Crippen LogP contribution is -2.29. The van der Waals surface area contributed by atoms with Crippen molar-refractivity contribution in [3.05, 3.63) is 65.0 Å². The standard InChI is InChI=1S/C17H17FN2O/c1-11-4-3-5-13(8-11)17(12(2)20)21-15-7-6-14(10-19)16(18)9-15/h3-9,12,17H,20H2,1-2H3. The summed E-state index contributed by atoms with van der Waals surface area (Å²) < 4.78 is 19.5. The van der Waals surface area contributed by atoms with E-state index in [-0.39, 0.29) is 17.7 Å². The maximum Gasteiger partial charge on any atom is 0.144 e. The summed E-state index contributed by atoms with van der Waals surface area (Å²) in [5.41, 5.74) is 8.03. The average Bonchev–Trinajstić information content (AvgIpc) is 2.44. The van der Waals surface area contributed by atoms with Crippen molar-refractivity contribution in [3.63, 3.8) is 0 Å². The molecule has 0 aliphatic carbocycles. The van der Waals surface area contributed by atoms with Gasteiger partial charge in [0.05, 0.1) is 5.56 Å². The summed E-state index contributed by atoms with van der Waals surface area (Å²) in [6.45, 7) is 3.83.